The largest absolute Gasteiger partial charge is 0.454 e. The first-order chi connectivity index (χ1) is 7.83. The molecular weight excluding hydrogens is 204 g/mol. The summed E-state index contributed by atoms with van der Waals surface area (Å²) in [4.78, 5) is 0. The van der Waals surface area contributed by atoms with Crippen molar-refractivity contribution in [2.75, 3.05) is 13.3 Å². The zero-order chi connectivity index (χ0) is 11.4. The van der Waals surface area contributed by atoms with Crippen LogP contribution in [-0.4, -0.2) is 13.3 Å². The van der Waals surface area contributed by atoms with Crippen LogP contribution in [0.2, 0.25) is 0 Å². The second kappa shape index (κ2) is 5.18. The van der Waals surface area contributed by atoms with Gasteiger partial charge in [0.1, 0.15) is 0 Å². The van der Waals surface area contributed by atoms with Crippen molar-refractivity contribution in [2.45, 2.75) is 25.3 Å². The fourth-order valence-corrected chi connectivity index (χ4v) is 1.91. The minimum Gasteiger partial charge on any atom is -0.454 e. The summed E-state index contributed by atoms with van der Waals surface area (Å²) in [7, 11) is 0. The molecular formula is C12H18N2O2. The molecule has 0 unspecified atom stereocenters. The van der Waals surface area contributed by atoms with Crippen molar-refractivity contribution < 1.29 is 9.47 Å². The van der Waals surface area contributed by atoms with Gasteiger partial charge in [-0.25, -0.2) is 0 Å². The fraction of sp³-hybridized carbons (Fsp3) is 0.500. The van der Waals surface area contributed by atoms with Gasteiger partial charge in [-0.3, -0.25) is 0 Å². The van der Waals surface area contributed by atoms with Crippen molar-refractivity contribution in [3.8, 4) is 11.5 Å². The molecule has 0 saturated heterocycles. The van der Waals surface area contributed by atoms with Crippen molar-refractivity contribution in [3.05, 3.63) is 23.8 Å². The molecule has 1 aliphatic rings. The van der Waals surface area contributed by atoms with Gasteiger partial charge in [-0.1, -0.05) is 18.6 Å². The van der Waals surface area contributed by atoms with E-state index in [-0.39, 0.29) is 6.04 Å². The zero-order valence-corrected chi connectivity index (χ0v) is 9.32. The Balaban J connectivity index is 2.05. The molecule has 0 amide bonds. The second-order valence-electron chi connectivity index (χ2n) is 3.97. The third-order valence-corrected chi connectivity index (χ3v) is 2.80. The molecule has 2 rings (SSSR count). The Morgan fingerprint density at radius 3 is 2.94 bits per heavy atom. The molecule has 88 valence electrons. The van der Waals surface area contributed by atoms with E-state index in [1.165, 1.54) is 0 Å². The van der Waals surface area contributed by atoms with E-state index in [1.54, 1.807) is 0 Å². The van der Waals surface area contributed by atoms with Crippen molar-refractivity contribution in [1.29, 1.82) is 0 Å². The van der Waals surface area contributed by atoms with Gasteiger partial charge in [-0.2, -0.15) is 0 Å². The molecule has 0 aliphatic carbocycles. The molecule has 0 spiro atoms. The number of fused-ring (bicyclic) bond motifs is 1. The third-order valence-electron chi connectivity index (χ3n) is 2.80. The van der Waals surface area contributed by atoms with Gasteiger partial charge in [-0.15, -0.1) is 0 Å². The van der Waals surface area contributed by atoms with Crippen LogP contribution in [0.25, 0.3) is 0 Å². The van der Waals surface area contributed by atoms with Crippen LogP contribution in [0.5, 0.6) is 11.5 Å². The van der Waals surface area contributed by atoms with Crippen LogP contribution >= 0.6 is 0 Å². The normalized spacial score (nSPS) is 15.1. The zero-order valence-electron chi connectivity index (χ0n) is 9.32. The highest BCUT2D eigenvalue weighted by Gasteiger charge is 2.20. The molecule has 16 heavy (non-hydrogen) atoms. The topological polar surface area (TPSA) is 70.5 Å². The minimum atomic E-state index is 0.00296. The summed E-state index contributed by atoms with van der Waals surface area (Å²) in [5, 5.41) is 0. The Hall–Kier alpha value is -1.26. The standard InChI is InChI=1S/C12H18N2O2/c13-7-2-1-5-10(14)9-4-3-6-11-12(9)16-8-15-11/h3-4,6,10H,1-2,5,7-8,13-14H2/t10-/m1/s1. The van der Waals surface area contributed by atoms with Gasteiger partial charge < -0.3 is 20.9 Å². The summed E-state index contributed by atoms with van der Waals surface area (Å²) < 4.78 is 10.7. The SMILES string of the molecule is NCCCC[C@@H](N)c1cccc2c1OCO2. The fourth-order valence-electron chi connectivity index (χ4n) is 1.91. The lowest BCUT2D eigenvalue weighted by molar-refractivity contribution is 0.173. The molecule has 1 heterocycles. The second-order valence-corrected chi connectivity index (χ2v) is 3.97. The summed E-state index contributed by atoms with van der Waals surface area (Å²) in [6, 6.07) is 5.85. The predicted molar refractivity (Wildman–Crippen MR) is 62.4 cm³/mol. The molecule has 0 fully saturated rings. The van der Waals surface area contributed by atoms with Gasteiger partial charge in [0.05, 0.1) is 0 Å². The van der Waals surface area contributed by atoms with Crippen LogP contribution in [0.1, 0.15) is 30.9 Å². The lowest BCUT2D eigenvalue weighted by atomic mass is 10.0. The smallest absolute Gasteiger partial charge is 0.231 e. The Morgan fingerprint density at radius 1 is 1.25 bits per heavy atom. The molecule has 0 aromatic heterocycles. The highest BCUT2D eigenvalue weighted by molar-refractivity contribution is 5.49. The lowest BCUT2D eigenvalue weighted by Gasteiger charge is -2.13. The monoisotopic (exact) mass is 222 g/mol. The van der Waals surface area contributed by atoms with E-state index in [0.717, 1.165) is 42.9 Å². The van der Waals surface area contributed by atoms with Crippen molar-refractivity contribution in [2.24, 2.45) is 11.5 Å². The highest BCUT2D eigenvalue weighted by atomic mass is 16.7. The van der Waals surface area contributed by atoms with E-state index in [2.05, 4.69) is 0 Å². The summed E-state index contributed by atoms with van der Waals surface area (Å²) in [5.74, 6) is 1.61. The highest BCUT2D eigenvalue weighted by Crippen LogP contribution is 2.38. The van der Waals surface area contributed by atoms with E-state index in [4.69, 9.17) is 20.9 Å². The number of unbranched alkanes of at least 4 members (excludes halogenated alkanes) is 1. The summed E-state index contributed by atoms with van der Waals surface area (Å²) >= 11 is 0. The summed E-state index contributed by atoms with van der Waals surface area (Å²) in [5.41, 5.74) is 12.6. The Labute approximate surface area is 95.5 Å². The van der Waals surface area contributed by atoms with E-state index in [9.17, 15) is 0 Å². The molecule has 1 aliphatic heterocycles. The van der Waals surface area contributed by atoms with Crippen LogP contribution in [0.3, 0.4) is 0 Å². The first-order valence-electron chi connectivity index (χ1n) is 5.67. The maximum Gasteiger partial charge on any atom is 0.231 e. The Bertz CT molecular complexity index is 355. The first-order valence-corrected chi connectivity index (χ1v) is 5.67. The van der Waals surface area contributed by atoms with Crippen LogP contribution in [0, 0.1) is 0 Å². The van der Waals surface area contributed by atoms with Crippen LogP contribution in [-0.2, 0) is 0 Å². The van der Waals surface area contributed by atoms with Crippen molar-refractivity contribution in [3.63, 3.8) is 0 Å². The van der Waals surface area contributed by atoms with Gasteiger partial charge in [0.15, 0.2) is 11.5 Å². The molecule has 4 N–H and O–H groups in total. The van der Waals surface area contributed by atoms with E-state index >= 15 is 0 Å². The number of para-hydroxylation sites is 1. The van der Waals surface area contributed by atoms with E-state index in [0.29, 0.717) is 6.79 Å². The van der Waals surface area contributed by atoms with Gasteiger partial charge >= 0.3 is 0 Å². The Morgan fingerprint density at radius 2 is 2.12 bits per heavy atom. The third kappa shape index (κ3) is 2.28. The maximum atomic E-state index is 6.13. The Kier molecular flexibility index (Phi) is 3.64. The number of hydrogen-bond acceptors (Lipinski definition) is 4. The minimum absolute atomic E-state index is 0.00296. The molecule has 1 aromatic rings. The molecule has 4 heteroatoms. The number of nitrogens with two attached hydrogens (primary N) is 2. The van der Waals surface area contributed by atoms with Gasteiger partial charge in [0.25, 0.3) is 0 Å². The molecule has 4 nitrogen and oxygen atoms in total. The molecule has 0 radical (unpaired) electrons. The van der Waals surface area contributed by atoms with E-state index < -0.39 is 0 Å². The molecule has 0 bridgehead atoms. The van der Waals surface area contributed by atoms with E-state index in [1.807, 2.05) is 18.2 Å². The number of rotatable bonds is 5. The quantitative estimate of drug-likeness (QED) is 0.741. The van der Waals surface area contributed by atoms with Crippen LogP contribution in [0.15, 0.2) is 18.2 Å². The summed E-state index contributed by atoms with van der Waals surface area (Å²) in [6.45, 7) is 1.01. The lowest BCUT2D eigenvalue weighted by Crippen LogP contribution is -2.12. The van der Waals surface area contributed by atoms with Crippen molar-refractivity contribution in [1.82, 2.24) is 0 Å². The molecule has 0 saturated carbocycles. The van der Waals surface area contributed by atoms with Crippen LogP contribution < -0.4 is 20.9 Å². The first kappa shape index (κ1) is 11.2. The van der Waals surface area contributed by atoms with Crippen LogP contribution in [0.4, 0.5) is 0 Å². The number of hydrogen-bond donors (Lipinski definition) is 2. The number of ether oxygens (including phenoxy) is 2. The maximum absolute atomic E-state index is 6.13. The van der Waals surface area contributed by atoms with Gasteiger partial charge in [-0.05, 0) is 25.5 Å². The molecule has 1 atom stereocenters. The average Bonchev–Trinajstić information content (AvgIpc) is 2.76. The van der Waals surface area contributed by atoms with Gasteiger partial charge in [0.2, 0.25) is 6.79 Å². The number of benzene rings is 1. The van der Waals surface area contributed by atoms with Gasteiger partial charge in [0, 0.05) is 11.6 Å². The average molecular weight is 222 g/mol. The summed E-state index contributed by atoms with van der Waals surface area (Å²) in [6.07, 6.45) is 2.99. The molecule has 1 aromatic carbocycles. The van der Waals surface area contributed by atoms with Crippen molar-refractivity contribution >= 4 is 0 Å². The predicted octanol–water partition coefficient (Wildman–Crippen LogP) is 1.54.